The summed E-state index contributed by atoms with van der Waals surface area (Å²) in [4.78, 5) is 22.6. The van der Waals surface area contributed by atoms with E-state index in [2.05, 4.69) is 15.3 Å². The van der Waals surface area contributed by atoms with E-state index in [4.69, 9.17) is 5.73 Å². The highest BCUT2D eigenvalue weighted by atomic mass is 32.1. The first kappa shape index (κ1) is 13.3. The lowest BCUT2D eigenvalue weighted by Gasteiger charge is -2.15. The third-order valence-electron chi connectivity index (χ3n) is 2.71. The smallest absolute Gasteiger partial charge is 0.268 e. The van der Waals surface area contributed by atoms with Crippen LogP contribution in [0.2, 0.25) is 0 Å². The summed E-state index contributed by atoms with van der Waals surface area (Å²) in [6.07, 6.45) is 3.54. The van der Waals surface area contributed by atoms with Crippen LogP contribution in [-0.4, -0.2) is 39.4 Å². The van der Waals surface area contributed by atoms with E-state index in [-0.39, 0.29) is 11.7 Å². The molecular formula is C11H16N6OS. The third kappa shape index (κ3) is 2.68. The second kappa shape index (κ2) is 5.27. The molecule has 102 valence electrons. The molecule has 0 aliphatic rings. The summed E-state index contributed by atoms with van der Waals surface area (Å²) in [6.45, 7) is 0.425. The Morgan fingerprint density at radius 1 is 1.63 bits per heavy atom. The molecule has 19 heavy (non-hydrogen) atoms. The van der Waals surface area contributed by atoms with Gasteiger partial charge in [0.25, 0.3) is 5.91 Å². The predicted octanol–water partition coefficient (Wildman–Crippen LogP) is 0.773. The third-order valence-corrected chi connectivity index (χ3v) is 3.78. The van der Waals surface area contributed by atoms with Gasteiger partial charge in [-0.3, -0.25) is 4.79 Å². The monoisotopic (exact) mass is 280 g/mol. The van der Waals surface area contributed by atoms with Crippen molar-refractivity contribution >= 4 is 28.2 Å². The highest BCUT2D eigenvalue weighted by molar-refractivity contribution is 7.18. The Morgan fingerprint density at radius 2 is 2.37 bits per heavy atom. The summed E-state index contributed by atoms with van der Waals surface area (Å²) >= 11 is 1.25. The van der Waals surface area contributed by atoms with Crippen molar-refractivity contribution in [1.82, 2.24) is 19.4 Å². The van der Waals surface area contributed by atoms with Gasteiger partial charge in [0.15, 0.2) is 5.13 Å². The van der Waals surface area contributed by atoms with Crippen molar-refractivity contribution in [2.75, 3.05) is 25.1 Å². The van der Waals surface area contributed by atoms with Crippen molar-refractivity contribution in [1.29, 1.82) is 0 Å². The van der Waals surface area contributed by atoms with E-state index in [0.29, 0.717) is 16.6 Å². The molecule has 8 heteroatoms. The normalized spacial score (nSPS) is 10.5. The van der Waals surface area contributed by atoms with Crippen molar-refractivity contribution in [3.8, 4) is 0 Å². The van der Waals surface area contributed by atoms with E-state index in [1.807, 2.05) is 17.8 Å². The first-order valence-electron chi connectivity index (χ1n) is 5.68. The van der Waals surface area contributed by atoms with Crippen molar-refractivity contribution in [3.63, 3.8) is 0 Å². The maximum Gasteiger partial charge on any atom is 0.268 e. The van der Waals surface area contributed by atoms with Crippen LogP contribution >= 0.6 is 11.3 Å². The molecule has 0 saturated carbocycles. The summed E-state index contributed by atoms with van der Waals surface area (Å²) in [5.74, 6) is 0.915. The molecule has 0 aliphatic heterocycles. The van der Waals surface area contributed by atoms with Gasteiger partial charge in [0.05, 0.1) is 6.54 Å². The van der Waals surface area contributed by atoms with Crippen LogP contribution in [0.4, 0.5) is 10.9 Å². The van der Waals surface area contributed by atoms with Gasteiger partial charge in [0.2, 0.25) is 0 Å². The SMILES string of the molecule is CNc1nc(N)c(C(=O)N(C)Cc2nccn2C)s1. The quantitative estimate of drug-likeness (QED) is 0.863. The maximum absolute atomic E-state index is 12.3. The van der Waals surface area contributed by atoms with Gasteiger partial charge in [-0.25, -0.2) is 9.97 Å². The largest absolute Gasteiger partial charge is 0.382 e. The number of amides is 1. The molecule has 0 aliphatic carbocycles. The number of anilines is 2. The summed E-state index contributed by atoms with van der Waals surface area (Å²) < 4.78 is 1.87. The number of hydrogen-bond acceptors (Lipinski definition) is 6. The Balaban J connectivity index is 2.14. The zero-order valence-corrected chi connectivity index (χ0v) is 11.9. The van der Waals surface area contributed by atoms with Gasteiger partial charge in [0, 0.05) is 33.5 Å². The molecule has 0 fully saturated rings. The van der Waals surface area contributed by atoms with Crippen molar-refractivity contribution in [3.05, 3.63) is 23.1 Å². The molecular weight excluding hydrogens is 264 g/mol. The number of rotatable bonds is 4. The van der Waals surface area contributed by atoms with Crippen molar-refractivity contribution < 1.29 is 4.79 Å². The molecule has 0 aromatic carbocycles. The van der Waals surface area contributed by atoms with E-state index in [0.717, 1.165) is 5.82 Å². The van der Waals surface area contributed by atoms with Gasteiger partial charge in [-0.15, -0.1) is 0 Å². The standard InChI is InChI=1S/C11H16N6OS/c1-13-11-15-9(12)8(19-11)10(18)17(3)6-7-14-4-5-16(7)2/h4-5H,6,12H2,1-3H3,(H,13,15). The maximum atomic E-state index is 12.3. The molecule has 0 saturated heterocycles. The molecule has 2 aromatic heterocycles. The Hall–Kier alpha value is -2.09. The Labute approximate surface area is 115 Å². The van der Waals surface area contributed by atoms with Crippen LogP contribution in [0.25, 0.3) is 0 Å². The van der Waals surface area contributed by atoms with Gasteiger partial charge in [-0.05, 0) is 0 Å². The van der Waals surface area contributed by atoms with Crippen LogP contribution in [-0.2, 0) is 13.6 Å². The minimum Gasteiger partial charge on any atom is -0.382 e. The number of nitrogens with one attached hydrogen (secondary N) is 1. The molecule has 7 nitrogen and oxygen atoms in total. The summed E-state index contributed by atoms with van der Waals surface area (Å²) in [6, 6.07) is 0. The molecule has 1 amide bonds. The number of nitrogens with zero attached hydrogens (tertiary/aromatic N) is 4. The number of hydrogen-bond donors (Lipinski definition) is 2. The van der Waals surface area contributed by atoms with Crippen LogP contribution < -0.4 is 11.1 Å². The lowest BCUT2D eigenvalue weighted by atomic mass is 10.4. The van der Waals surface area contributed by atoms with Gasteiger partial charge < -0.3 is 20.5 Å². The van der Waals surface area contributed by atoms with E-state index in [1.54, 1.807) is 25.2 Å². The second-order valence-corrected chi connectivity index (χ2v) is 5.10. The van der Waals surface area contributed by atoms with E-state index >= 15 is 0 Å². The molecule has 0 unspecified atom stereocenters. The molecule has 0 radical (unpaired) electrons. The molecule has 2 aromatic rings. The highest BCUT2D eigenvalue weighted by Crippen LogP contribution is 2.25. The van der Waals surface area contributed by atoms with Crippen molar-refractivity contribution in [2.45, 2.75) is 6.54 Å². The first-order valence-corrected chi connectivity index (χ1v) is 6.50. The molecule has 0 atom stereocenters. The lowest BCUT2D eigenvalue weighted by molar-refractivity contribution is 0.0786. The topological polar surface area (TPSA) is 89.1 Å². The van der Waals surface area contributed by atoms with Gasteiger partial charge in [0.1, 0.15) is 16.5 Å². The lowest BCUT2D eigenvalue weighted by Crippen LogP contribution is -2.27. The summed E-state index contributed by atoms with van der Waals surface area (Å²) in [5, 5.41) is 3.51. The molecule has 2 rings (SSSR count). The number of carbonyl (C=O) groups is 1. The van der Waals surface area contributed by atoms with Gasteiger partial charge in [-0.2, -0.15) is 0 Å². The highest BCUT2D eigenvalue weighted by Gasteiger charge is 2.20. The fraction of sp³-hybridized carbons (Fsp3) is 0.364. The van der Waals surface area contributed by atoms with E-state index < -0.39 is 0 Å². The summed E-state index contributed by atoms with van der Waals surface area (Å²) in [5.41, 5.74) is 5.75. The molecule has 0 spiro atoms. The minimum atomic E-state index is -0.153. The van der Waals surface area contributed by atoms with Crippen LogP contribution in [0.15, 0.2) is 12.4 Å². The number of aryl methyl sites for hydroxylation is 1. The number of imidazole rings is 1. The Morgan fingerprint density at radius 3 is 2.89 bits per heavy atom. The average Bonchev–Trinajstić information content (AvgIpc) is 2.95. The second-order valence-electron chi connectivity index (χ2n) is 4.10. The number of nitrogen functional groups attached to an aromatic ring is 1. The fourth-order valence-electron chi connectivity index (χ4n) is 1.60. The van der Waals surface area contributed by atoms with Crippen LogP contribution in [0.5, 0.6) is 0 Å². The van der Waals surface area contributed by atoms with Crippen LogP contribution in [0.3, 0.4) is 0 Å². The number of thiazole rings is 1. The Bertz CT molecular complexity index is 590. The average molecular weight is 280 g/mol. The molecule has 2 heterocycles. The fourth-order valence-corrected chi connectivity index (χ4v) is 2.43. The number of nitrogens with two attached hydrogens (primary N) is 1. The molecule has 0 bridgehead atoms. The van der Waals surface area contributed by atoms with E-state index in [9.17, 15) is 4.79 Å². The minimum absolute atomic E-state index is 0.153. The zero-order chi connectivity index (χ0) is 14.0. The van der Waals surface area contributed by atoms with Crippen LogP contribution in [0.1, 0.15) is 15.5 Å². The van der Waals surface area contributed by atoms with Gasteiger partial charge in [-0.1, -0.05) is 11.3 Å². The number of carbonyl (C=O) groups excluding carboxylic acids is 1. The summed E-state index contributed by atoms with van der Waals surface area (Å²) in [7, 11) is 5.35. The zero-order valence-electron chi connectivity index (χ0n) is 11.0. The molecule has 3 N–H and O–H groups in total. The Kier molecular flexibility index (Phi) is 3.70. The van der Waals surface area contributed by atoms with Crippen molar-refractivity contribution in [2.24, 2.45) is 7.05 Å². The number of aromatic nitrogens is 3. The van der Waals surface area contributed by atoms with Gasteiger partial charge >= 0.3 is 0 Å². The first-order chi connectivity index (χ1) is 9.02. The van der Waals surface area contributed by atoms with E-state index in [1.165, 1.54) is 11.3 Å². The van der Waals surface area contributed by atoms with Crippen LogP contribution in [0, 0.1) is 0 Å². The predicted molar refractivity (Wildman–Crippen MR) is 75.1 cm³/mol.